The second-order valence-corrected chi connectivity index (χ2v) is 6.48. The third-order valence-electron chi connectivity index (χ3n) is 4.45. The van der Waals surface area contributed by atoms with Gasteiger partial charge in [-0.1, -0.05) is 11.6 Å². The first-order valence-corrected chi connectivity index (χ1v) is 8.40. The Morgan fingerprint density at radius 1 is 1.26 bits per heavy atom. The summed E-state index contributed by atoms with van der Waals surface area (Å²) in [4.78, 5) is 19.6. The molecule has 122 valence electrons. The predicted molar refractivity (Wildman–Crippen MR) is 91.6 cm³/mol. The number of pyridine rings is 1. The monoisotopic (exact) mass is 312 g/mol. The number of amides is 1. The number of carbonyl (C=O) groups excluding carboxylic acids is 1. The zero-order valence-corrected chi connectivity index (χ0v) is 13.9. The van der Waals surface area contributed by atoms with Gasteiger partial charge < -0.3 is 10.0 Å². The molecule has 4 nitrogen and oxygen atoms in total. The fourth-order valence-corrected chi connectivity index (χ4v) is 2.99. The van der Waals surface area contributed by atoms with E-state index < -0.39 is 0 Å². The SMILES string of the molecule is Cc1ccc2nc(C)c(C(=O)N(CCCCO)C3CC3)cc2c1. The molecule has 0 bridgehead atoms. The van der Waals surface area contributed by atoms with Crippen molar-refractivity contribution in [2.75, 3.05) is 13.2 Å². The molecule has 0 atom stereocenters. The van der Waals surface area contributed by atoms with Crippen molar-refractivity contribution in [2.45, 2.75) is 45.6 Å². The van der Waals surface area contributed by atoms with E-state index in [1.54, 1.807) is 0 Å². The number of hydrogen-bond donors (Lipinski definition) is 1. The molecular formula is C19H24N2O2. The van der Waals surface area contributed by atoms with Gasteiger partial charge in [0.1, 0.15) is 0 Å². The Morgan fingerprint density at radius 3 is 2.74 bits per heavy atom. The van der Waals surface area contributed by atoms with Crippen molar-refractivity contribution in [2.24, 2.45) is 0 Å². The van der Waals surface area contributed by atoms with Gasteiger partial charge in [-0.25, -0.2) is 0 Å². The molecular weight excluding hydrogens is 288 g/mol. The van der Waals surface area contributed by atoms with Gasteiger partial charge >= 0.3 is 0 Å². The summed E-state index contributed by atoms with van der Waals surface area (Å²) >= 11 is 0. The van der Waals surface area contributed by atoms with Gasteiger partial charge in [0.25, 0.3) is 5.91 Å². The third-order valence-corrected chi connectivity index (χ3v) is 4.45. The van der Waals surface area contributed by atoms with Gasteiger partial charge in [0.2, 0.25) is 0 Å². The topological polar surface area (TPSA) is 53.4 Å². The molecule has 1 aromatic heterocycles. The summed E-state index contributed by atoms with van der Waals surface area (Å²) in [5.41, 5.74) is 3.60. The number of fused-ring (bicyclic) bond motifs is 1. The van der Waals surface area contributed by atoms with E-state index in [0.717, 1.165) is 48.8 Å². The quantitative estimate of drug-likeness (QED) is 0.833. The second kappa shape index (κ2) is 6.67. The molecule has 1 saturated carbocycles. The standard InChI is InChI=1S/C19H24N2O2/c1-13-5-8-18-15(11-13)12-17(14(2)20-18)19(23)21(16-6-7-16)9-3-4-10-22/h5,8,11-12,16,22H,3-4,6-7,9-10H2,1-2H3. The number of aliphatic hydroxyl groups excluding tert-OH is 1. The molecule has 0 unspecified atom stereocenters. The van der Waals surface area contributed by atoms with Crippen LogP contribution in [0.5, 0.6) is 0 Å². The maximum absolute atomic E-state index is 13.0. The van der Waals surface area contributed by atoms with Crippen LogP contribution in [0.25, 0.3) is 10.9 Å². The summed E-state index contributed by atoms with van der Waals surface area (Å²) in [6, 6.07) is 8.47. The lowest BCUT2D eigenvalue weighted by molar-refractivity contribution is 0.0736. The first kappa shape index (κ1) is 15.9. The predicted octanol–water partition coefficient (Wildman–Crippen LogP) is 3.23. The molecule has 1 fully saturated rings. The smallest absolute Gasteiger partial charge is 0.255 e. The van der Waals surface area contributed by atoms with Crippen molar-refractivity contribution in [1.82, 2.24) is 9.88 Å². The van der Waals surface area contributed by atoms with Gasteiger partial charge in [0.15, 0.2) is 0 Å². The Morgan fingerprint density at radius 2 is 2.04 bits per heavy atom. The van der Waals surface area contributed by atoms with Crippen molar-refractivity contribution in [3.8, 4) is 0 Å². The van der Waals surface area contributed by atoms with Crippen molar-refractivity contribution in [3.05, 3.63) is 41.1 Å². The summed E-state index contributed by atoms with van der Waals surface area (Å²) in [6.45, 7) is 4.86. The zero-order valence-electron chi connectivity index (χ0n) is 13.9. The minimum Gasteiger partial charge on any atom is -0.396 e. The normalized spacial score (nSPS) is 14.2. The maximum atomic E-state index is 13.0. The molecule has 0 aliphatic heterocycles. The third kappa shape index (κ3) is 3.53. The van der Waals surface area contributed by atoms with Crippen LogP contribution in [-0.4, -0.2) is 40.1 Å². The minimum absolute atomic E-state index is 0.0823. The van der Waals surface area contributed by atoms with Crippen molar-refractivity contribution in [1.29, 1.82) is 0 Å². The lowest BCUT2D eigenvalue weighted by atomic mass is 10.1. The average molecular weight is 312 g/mol. The Labute approximate surface area is 137 Å². The van der Waals surface area contributed by atoms with E-state index in [2.05, 4.69) is 11.1 Å². The van der Waals surface area contributed by atoms with E-state index in [1.165, 1.54) is 5.56 Å². The van der Waals surface area contributed by atoms with Crippen LogP contribution in [0.15, 0.2) is 24.3 Å². The Bertz CT molecular complexity index is 723. The number of nitrogens with zero attached hydrogens (tertiary/aromatic N) is 2. The van der Waals surface area contributed by atoms with Crippen LogP contribution in [0.3, 0.4) is 0 Å². The summed E-state index contributed by atoms with van der Waals surface area (Å²) in [7, 11) is 0. The Kier molecular flexibility index (Phi) is 4.62. The van der Waals surface area contributed by atoms with Gasteiger partial charge in [-0.05, 0) is 57.7 Å². The van der Waals surface area contributed by atoms with E-state index in [9.17, 15) is 4.79 Å². The van der Waals surface area contributed by atoms with E-state index in [4.69, 9.17) is 5.11 Å². The Hall–Kier alpha value is -1.94. The van der Waals surface area contributed by atoms with E-state index >= 15 is 0 Å². The molecule has 3 rings (SSSR count). The fourth-order valence-electron chi connectivity index (χ4n) is 2.99. The average Bonchev–Trinajstić information content (AvgIpc) is 3.35. The Balaban J connectivity index is 1.90. The molecule has 23 heavy (non-hydrogen) atoms. The lowest BCUT2D eigenvalue weighted by Gasteiger charge is -2.23. The summed E-state index contributed by atoms with van der Waals surface area (Å²) in [5.74, 6) is 0.0823. The van der Waals surface area contributed by atoms with Gasteiger partial charge in [0.05, 0.1) is 16.8 Å². The van der Waals surface area contributed by atoms with Gasteiger partial charge in [-0.2, -0.15) is 0 Å². The minimum atomic E-state index is 0.0823. The number of benzene rings is 1. The van der Waals surface area contributed by atoms with E-state index in [0.29, 0.717) is 11.6 Å². The zero-order chi connectivity index (χ0) is 16.4. The second-order valence-electron chi connectivity index (χ2n) is 6.48. The number of aliphatic hydroxyl groups is 1. The van der Waals surface area contributed by atoms with Crippen LogP contribution in [0.1, 0.15) is 47.3 Å². The van der Waals surface area contributed by atoms with Gasteiger partial charge in [-0.15, -0.1) is 0 Å². The number of rotatable bonds is 6. The van der Waals surface area contributed by atoms with E-state index in [-0.39, 0.29) is 12.5 Å². The van der Waals surface area contributed by atoms with Crippen LogP contribution in [0, 0.1) is 13.8 Å². The summed E-state index contributed by atoms with van der Waals surface area (Å²) < 4.78 is 0. The summed E-state index contributed by atoms with van der Waals surface area (Å²) in [5, 5.41) is 9.98. The highest BCUT2D eigenvalue weighted by Crippen LogP contribution is 2.29. The van der Waals surface area contributed by atoms with Crippen molar-refractivity contribution < 1.29 is 9.90 Å². The molecule has 1 aliphatic carbocycles. The van der Waals surface area contributed by atoms with Crippen LogP contribution < -0.4 is 0 Å². The van der Waals surface area contributed by atoms with Crippen molar-refractivity contribution >= 4 is 16.8 Å². The van der Waals surface area contributed by atoms with Crippen LogP contribution in [0.2, 0.25) is 0 Å². The highest BCUT2D eigenvalue weighted by Gasteiger charge is 2.33. The van der Waals surface area contributed by atoms with Crippen LogP contribution in [0.4, 0.5) is 0 Å². The first-order chi connectivity index (χ1) is 11.1. The number of aryl methyl sites for hydroxylation is 2. The number of unbranched alkanes of at least 4 members (excludes halogenated alkanes) is 1. The van der Waals surface area contributed by atoms with E-state index in [1.807, 2.05) is 36.9 Å². The molecule has 0 radical (unpaired) electrons. The molecule has 0 spiro atoms. The number of aromatic nitrogens is 1. The number of carbonyl (C=O) groups is 1. The molecule has 1 heterocycles. The number of hydrogen-bond acceptors (Lipinski definition) is 3. The molecule has 0 saturated heterocycles. The fraction of sp³-hybridized carbons (Fsp3) is 0.474. The first-order valence-electron chi connectivity index (χ1n) is 8.40. The van der Waals surface area contributed by atoms with Crippen molar-refractivity contribution in [3.63, 3.8) is 0 Å². The molecule has 1 N–H and O–H groups in total. The molecule has 1 aromatic carbocycles. The lowest BCUT2D eigenvalue weighted by Crippen LogP contribution is -2.34. The molecule has 1 aliphatic rings. The highest BCUT2D eigenvalue weighted by atomic mass is 16.3. The van der Waals surface area contributed by atoms with Gasteiger partial charge in [-0.3, -0.25) is 9.78 Å². The maximum Gasteiger partial charge on any atom is 0.255 e. The summed E-state index contributed by atoms with van der Waals surface area (Å²) in [6.07, 6.45) is 3.76. The van der Waals surface area contributed by atoms with Gasteiger partial charge in [0, 0.05) is 24.6 Å². The van der Waals surface area contributed by atoms with Crippen LogP contribution >= 0.6 is 0 Å². The molecule has 2 aromatic rings. The molecule has 1 amide bonds. The van der Waals surface area contributed by atoms with Crippen LogP contribution in [-0.2, 0) is 0 Å². The largest absolute Gasteiger partial charge is 0.396 e. The highest BCUT2D eigenvalue weighted by molar-refractivity contribution is 5.99. The molecule has 4 heteroatoms.